The Balaban J connectivity index is 4.07. The van der Waals surface area contributed by atoms with Crippen LogP contribution in [0, 0.1) is 0 Å². The molecular weight excluding hydrogens is 210 g/mol. The molecule has 15 heavy (non-hydrogen) atoms. The van der Waals surface area contributed by atoms with E-state index in [-0.39, 0.29) is 15.2 Å². The molecule has 0 spiro atoms. The second kappa shape index (κ2) is 8.46. The number of unbranched alkanes of at least 4 members (excludes halogenated alkanes) is 1. The Bertz CT molecular complexity index is 195. The zero-order valence-corrected chi connectivity index (χ0v) is 11.2. The van der Waals surface area contributed by atoms with Gasteiger partial charge in [-0.05, 0) is 12.8 Å². The molecule has 0 aliphatic carbocycles. The Morgan fingerprint density at radius 2 is 2.20 bits per heavy atom. The van der Waals surface area contributed by atoms with Crippen LogP contribution in [0.4, 0.5) is 4.79 Å². The number of nitrogens with zero attached hydrogens (tertiary/aromatic N) is 1. The minimum absolute atomic E-state index is 0.0370. The van der Waals surface area contributed by atoms with Crippen LogP contribution in [0.1, 0.15) is 33.1 Å². The van der Waals surface area contributed by atoms with E-state index in [2.05, 4.69) is 6.55 Å². The fourth-order valence-electron chi connectivity index (χ4n) is 1.15. The fourth-order valence-corrected chi connectivity index (χ4v) is 2.04. The molecule has 0 N–H and O–H groups in total. The Hall–Kier alpha value is -0.843. The van der Waals surface area contributed by atoms with Crippen LogP contribution in [-0.2, 0) is 9.53 Å². The third-order valence-electron chi connectivity index (χ3n) is 2.24. The largest absolute Gasteiger partial charge is 0.450 e. The van der Waals surface area contributed by atoms with Crippen molar-refractivity contribution in [3.8, 4) is 0 Å². The lowest BCUT2D eigenvalue weighted by Crippen LogP contribution is -2.35. The zero-order chi connectivity index (χ0) is 11.7. The van der Waals surface area contributed by atoms with E-state index < -0.39 is 6.09 Å². The lowest BCUT2D eigenvalue weighted by molar-refractivity contribution is 0.106. The molecule has 1 atom stereocenters. The van der Waals surface area contributed by atoms with Crippen LogP contribution in [-0.4, -0.2) is 39.2 Å². The van der Waals surface area contributed by atoms with Gasteiger partial charge >= 0.3 is 12.5 Å². The summed E-state index contributed by atoms with van der Waals surface area (Å²) in [5.74, 6) is 0. The second-order valence-corrected chi connectivity index (χ2v) is 5.15. The number of hydrogen-bond acceptors (Lipinski definition) is 3. The number of hydrogen-bond donors (Lipinski definition) is 0. The molecule has 0 fully saturated rings. The summed E-state index contributed by atoms with van der Waals surface area (Å²) in [7, 11) is -0.373. The molecule has 4 nitrogen and oxygen atoms in total. The summed E-state index contributed by atoms with van der Waals surface area (Å²) >= 11 is 0. The van der Waals surface area contributed by atoms with Crippen molar-refractivity contribution >= 4 is 22.0 Å². The van der Waals surface area contributed by atoms with E-state index in [4.69, 9.17) is 4.74 Å². The molecule has 0 bridgehead atoms. The van der Waals surface area contributed by atoms with Gasteiger partial charge in [0.25, 0.3) is 0 Å². The molecule has 5 heteroatoms. The Morgan fingerprint density at radius 1 is 1.53 bits per heavy atom. The third kappa shape index (κ3) is 5.56. The average Bonchev–Trinajstić information content (AvgIpc) is 2.26. The van der Waals surface area contributed by atoms with Gasteiger partial charge in [0.2, 0.25) is 0 Å². The first kappa shape index (κ1) is 14.2. The maximum absolute atomic E-state index is 11.5. The van der Waals surface area contributed by atoms with Gasteiger partial charge in [-0.1, -0.05) is 26.8 Å². The maximum atomic E-state index is 11.5. The van der Waals surface area contributed by atoms with E-state index in [0.29, 0.717) is 6.54 Å². The minimum atomic E-state index is -0.542. The van der Waals surface area contributed by atoms with Crippen molar-refractivity contribution < 1.29 is 14.3 Å². The molecule has 0 heterocycles. The van der Waals surface area contributed by atoms with Gasteiger partial charge in [-0.25, -0.2) is 9.69 Å². The van der Waals surface area contributed by atoms with Gasteiger partial charge in [0, 0.05) is 6.54 Å². The van der Waals surface area contributed by atoms with Crippen molar-refractivity contribution in [3.63, 3.8) is 0 Å². The molecule has 0 aliphatic heterocycles. The normalized spacial score (nSPS) is 12.7. The van der Waals surface area contributed by atoms with Crippen LogP contribution in [0.5, 0.6) is 0 Å². The summed E-state index contributed by atoms with van der Waals surface area (Å²) in [6.07, 6.45) is 3.63. The van der Waals surface area contributed by atoms with Gasteiger partial charge in [-0.2, -0.15) is 0 Å². The van der Waals surface area contributed by atoms with E-state index in [1.54, 1.807) is 6.41 Å². The Morgan fingerprint density at radius 3 is 2.60 bits per heavy atom. The quantitative estimate of drug-likeness (QED) is 0.488. The van der Waals surface area contributed by atoms with Gasteiger partial charge in [0.1, 0.15) is 0 Å². The van der Waals surface area contributed by atoms with Crippen LogP contribution in [0.3, 0.4) is 0 Å². The van der Waals surface area contributed by atoms with Crippen molar-refractivity contribution in [3.05, 3.63) is 0 Å². The van der Waals surface area contributed by atoms with Gasteiger partial charge in [-0.3, -0.25) is 4.79 Å². The number of rotatable bonds is 7. The number of carbonyl (C=O) groups is 1. The van der Waals surface area contributed by atoms with Crippen LogP contribution in [0.15, 0.2) is 0 Å². The monoisotopic (exact) mass is 230 g/mol. The number of imide groups is 1. The number of ether oxygens (including phenoxy) is 1. The predicted molar refractivity (Wildman–Crippen MR) is 62.3 cm³/mol. The van der Waals surface area contributed by atoms with Gasteiger partial charge in [0.15, 0.2) is 0 Å². The van der Waals surface area contributed by atoms with Crippen LogP contribution >= 0.6 is 0 Å². The summed E-state index contributed by atoms with van der Waals surface area (Å²) in [6.45, 7) is 6.47. The zero-order valence-electron chi connectivity index (χ0n) is 9.78. The highest BCUT2D eigenvalue weighted by atomic mass is 28.2. The Kier molecular flexibility index (Phi) is 7.99. The predicted octanol–water partition coefficient (Wildman–Crippen LogP) is 1.25. The molecular formula is C10H20NO3Si. The molecule has 1 radical (unpaired) electrons. The SMILES string of the molecule is CCCCN([C]=O)C(=O)OC(CC)[SiH2]C. The molecule has 2 amide bonds. The van der Waals surface area contributed by atoms with Crippen molar-refractivity contribution in [2.45, 2.75) is 45.4 Å². The van der Waals surface area contributed by atoms with E-state index in [1.807, 2.05) is 13.8 Å². The highest BCUT2D eigenvalue weighted by Gasteiger charge is 2.17. The van der Waals surface area contributed by atoms with Crippen LogP contribution in [0.2, 0.25) is 6.55 Å². The summed E-state index contributed by atoms with van der Waals surface area (Å²) in [4.78, 5) is 23.0. The smallest absolute Gasteiger partial charge is 0.416 e. The fraction of sp³-hybridized carbons (Fsp3) is 0.800. The molecule has 0 aromatic rings. The minimum Gasteiger partial charge on any atom is -0.450 e. The molecule has 0 aliphatic rings. The van der Waals surface area contributed by atoms with Crippen molar-refractivity contribution in [2.75, 3.05) is 6.54 Å². The Labute approximate surface area is 93.8 Å². The summed E-state index contributed by atoms with van der Waals surface area (Å²) < 4.78 is 5.19. The van der Waals surface area contributed by atoms with E-state index >= 15 is 0 Å². The number of carbonyl (C=O) groups excluding carboxylic acids is 2. The van der Waals surface area contributed by atoms with E-state index in [1.165, 1.54) is 0 Å². The molecule has 0 rings (SSSR count). The summed E-state index contributed by atoms with van der Waals surface area (Å²) in [5.41, 5.74) is 0.0370. The lowest BCUT2D eigenvalue weighted by Gasteiger charge is -2.18. The van der Waals surface area contributed by atoms with Crippen molar-refractivity contribution in [2.24, 2.45) is 0 Å². The third-order valence-corrected chi connectivity index (χ3v) is 3.90. The average molecular weight is 230 g/mol. The maximum Gasteiger partial charge on any atom is 0.416 e. The topological polar surface area (TPSA) is 46.6 Å². The first-order valence-corrected chi connectivity index (χ1v) is 7.78. The first-order chi connectivity index (χ1) is 7.19. The standard InChI is InChI=1S/C10H20NO3Si/c1-4-6-7-11(8-12)10(13)14-9(5-2)15-3/h9H,4-7,15H2,1-3H3. The lowest BCUT2D eigenvalue weighted by atomic mass is 10.3. The van der Waals surface area contributed by atoms with Crippen molar-refractivity contribution in [1.29, 1.82) is 0 Å². The van der Waals surface area contributed by atoms with E-state index in [9.17, 15) is 9.59 Å². The highest BCUT2D eigenvalue weighted by Crippen LogP contribution is 2.02. The molecule has 0 saturated heterocycles. The van der Waals surface area contributed by atoms with Crippen LogP contribution < -0.4 is 0 Å². The molecule has 87 valence electrons. The van der Waals surface area contributed by atoms with Crippen LogP contribution in [0.25, 0.3) is 0 Å². The van der Waals surface area contributed by atoms with Gasteiger partial charge in [-0.15, -0.1) is 0 Å². The summed E-state index contributed by atoms with van der Waals surface area (Å²) in [5, 5.41) is 0. The highest BCUT2D eigenvalue weighted by molar-refractivity contribution is 6.35. The van der Waals surface area contributed by atoms with Gasteiger partial charge in [0.05, 0.1) is 15.2 Å². The molecule has 1 unspecified atom stereocenters. The second-order valence-electron chi connectivity index (χ2n) is 3.42. The molecule has 0 saturated carbocycles. The number of amides is 2. The molecule has 0 aromatic carbocycles. The summed E-state index contributed by atoms with van der Waals surface area (Å²) in [6, 6.07) is 0. The van der Waals surface area contributed by atoms with Gasteiger partial charge < -0.3 is 4.74 Å². The van der Waals surface area contributed by atoms with Crippen molar-refractivity contribution in [1.82, 2.24) is 4.90 Å². The molecule has 0 aromatic heterocycles. The van der Waals surface area contributed by atoms with E-state index in [0.717, 1.165) is 24.2 Å². The first-order valence-electron chi connectivity index (χ1n) is 5.55.